The number of ether oxygens (including phenoxy) is 1. The maximum Gasteiger partial charge on any atom is 0.253 e. The Morgan fingerprint density at radius 1 is 0.968 bits per heavy atom. The van der Waals surface area contributed by atoms with Crippen molar-refractivity contribution in [3.63, 3.8) is 0 Å². The molecule has 1 aromatic carbocycles. The van der Waals surface area contributed by atoms with Gasteiger partial charge in [-0.2, -0.15) is 0 Å². The fourth-order valence-corrected chi connectivity index (χ4v) is 3.57. The van der Waals surface area contributed by atoms with Crippen molar-refractivity contribution >= 4 is 23.4 Å². The van der Waals surface area contributed by atoms with Crippen LogP contribution >= 0.6 is 0 Å². The topological polar surface area (TPSA) is 83.5 Å². The van der Waals surface area contributed by atoms with E-state index in [4.69, 9.17) is 4.74 Å². The second kappa shape index (κ2) is 8.99. The van der Waals surface area contributed by atoms with Crippen LogP contribution in [0.5, 0.6) is 5.75 Å². The van der Waals surface area contributed by atoms with Crippen LogP contribution in [-0.2, 0) is 0 Å². The Bertz CT molecular complexity index is 1060. The Morgan fingerprint density at radius 3 is 2.39 bits per heavy atom. The molecule has 1 amide bonds. The predicted molar refractivity (Wildman–Crippen MR) is 120 cm³/mol. The Labute approximate surface area is 181 Å². The van der Waals surface area contributed by atoms with Crippen LogP contribution in [0, 0.1) is 13.8 Å². The number of carbonyl (C=O) groups is 1. The van der Waals surface area contributed by atoms with Crippen LogP contribution in [0.1, 0.15) is 21.7 Å². The van der Waals surface area contributed by atoms with Crippen molar-refractivity contribution in [2.45, 2.75) is 13.8 Å². The van der Waals surface area contributed by atoms with E-state index in [1.54, 1.807) is 25.4 Å². The molecule has 0 spiro atoms. The molecule has 8 nitrogen and oxygen atoms in total. The lowest BCUT2D eigenvalue weighted by atomic mass is 10.1. The van der Waals surface area contributed by atoms with Crippen molar-refractivity contribution in [1.29, 1.82) is 0 Å². The zero-order valence-corrected chi connectivity index (χ0v) is 18.0. The first-order chi connectivity index (χ1) is 15.0. The lowest BCUT2D eigenvalue weighted by molar-refractivity contribution is 0.0746. The summed E-state index contributed by atoms with van der Waals surface area (Å²) in [6.07, 6.45) is 1.77. The van der Waals surface area contributed by atoms with Crippen molar-refractivity contribution in [1.82, 2.24) is 19.9 Å². The minimum atomic E-state index is 0.0362. The summed E-state index contributed by atoms with van der Waals surface area (Å²) in [5.74, 6) is 3.76. The first-order valence-electron chi connectivity index (χ1n) is 10.3. The van der Waals surface area contributed by atoms with Gasteiger partial charge in [-0.25, -0.2) is 15.0 Å². The van der Waals surface area contributed by atoms with E-state index in [1.165, 1.54) is 0 Å². The molecule has 3 heterocycles. The van der Waals surface area contributed by atoms with Gasteiger partial charge in [-0.15, -0.1) is 0 Å². The molecule has 1 N–H and O–H groups in total. The normalized spacial score (nSPS) is 13.8. The summed E-state index contributed by atoms with van der Waals surface area (Å²) < 4.78 is 5.17. The number of piperazine rings is 1. The molecule has 0 saturated carbocycles. The summed E-state index contributed by atoms with van der Waals surface area (Å²) >= 11 is 0. The number of pyridine rings is 1. The van der Waals surface area contributed by atoms with Gasteiger partial charge in [-0.1, -0.05) is 0 Å². The number of hydrogen-bond donors (Lipinski definition) is 1. The summed E-state index contributed by atoms with van der Waals surface area (Å²) in [5, 5.41) is 3.26. The van der Waals surface area contributed by atoms with Crippen molar-refractivity contribution in [3.05, 3.63) is 65.6 Å². The van der Waals surface area contributed by atoms with Gasteiger partial charge in [0.25, 0.3) is 5.91 Å². The minimum Gasteiger partial charge on any atom is -0.497 e. The fourth-order valence-electron chi connectivity index (χ4n) is 3.57. The smallest absolute Gasteiger partial charge is 0.253 e. The van der Waals surface area contributed by atoms with Crippen molar-refractivity contribution < 1.29 is 9.53 Å². The third kappa shape index (κ3) is 4.91. The third-order valence-electron chi connectivity index (χ3n) is 5.22. The van der Waals surface area contributed by atoms with E-state index in [2.05, 4.69) is 25.2 Å². The third-order valence-corrected chi connectivity index (χ3v) is 5.22. The van der Waals surface area contributed by atoms with Crippen LogP contribution in [0.4, 0.5) is 17.5 Å². The number of aryl methyl sites for hydroxylation is 2. The highest BCUT2D eigenvalue weighted by atomic mass is 16.5. The second-order valence-corrected chi connectivity index (χ2v) is 7.51. The van der Waals surface area contributed by atoms with E-state index in [9.17, 15) is 4.79 Å². The SMILES string of the molecule is COc1ccc(C(=O)N2CCN(c3cc(Nc4cc(C)ccn4)nc(C)n3)CC2)cc1. The number of amides is 1. The molecule has 0 unspecified atom stereocenters. The molecule has 3 aromatic rings. The van der Waals surface area contributed by atoms with E-state index in [-0.39, 0.29) is 5.91 Å². The van der Waals surface area contributed by atoms with Crippen LogP contribution < -0.4 is 15.0 Å². The van der Waals surface area contributed by atoms with E-state index < -0.39 is 0 Å². The highest BCUT2D eigenvalue weighted by molar-refractivity contribution is 5.94. The summed E-state index contributed by atoms with van der Waals surface area (Å²) in [5.41, 5.74) is 1.80. The number of hydrogen-bond acceptors (Lipinski definition) is 7. The zero-order valence-electron chi connectivity index (χ0n) is 18.0. The molecule has 31 heavy (non-hydrogen) atoms. The number of nitrogens with zero attached hydrogens (tertiary/aromatic N) is 5. The van der Waals surface area contributed by atoms with Gasteiger partial charge in [0.1, 0.15) is 29.0 Å². The Balaban J connectivity index is 1.42. The van der Waals surface area contributed by atoms with Gasteiger partial charge < -0.3 is 19.9 Å². The quantitative estimate of drug-likeness (QED) is 0.681. The number of aromatic nitrogens is 3. The van der Waals surface area contributed by atoms with Crippen LogP contribution in [0.15, 0.2) is 48.7 Å². The molecule has 1 saturated heterocycles. The largest absolute Gasteiger partial charge is 0.497 e. The molecule has 0 bridgehead atoms. The van der Waals surface area contributed by atoms with E-state index >= 15 is 0 Å². The number of anilines is 3. The van der Waals surface area contributed by atoms with E-state index in [0.29, 0.717) is 43.4 Å². The van der Waals surface area contributed by atoms with E-state index in [0.717, 1.165) is 22.9 Å². The maximum atomic E-state index is 12.8. The molecular formula is C23H26N6O2. The number of benzene rings is 1. The summed E-state index contributed by atoms with van der Waals surface area (Å²) in [6, 6.07) is 13.1. The van der Waals surface area contributed by atoms with Crippen LogP contribution in [-0.4, -0.2) is 59.0 Å². The number of methoxy groups -OCH3 is 1. The molecule has 160 valence electrons. The summed E-state index contributed by atoms with van der Waals surface area (Å²) in [7, 11) is 1.61. The molecule has 2 aromatic heterocycles. The first-order valence-corrected chi connectivity index (χ1v) is 10.3. The highest BCUT2D eigenvalue weighted by Gasteiger charge is 2.23. The maximum absolute atomic E-state index is 12.8. The summed E-state index contributed by atoms with van der Waals surface area (Å²) in [6.45, 7) is 6.59. The lowest BCUT2D eigenvalue weighted by Gasteiger charge is -2.35. The van der Waals surface area contributed by atoms with Gasteiger partial charge in [0.05, 0.1) is 7.11 Å². The van der Waals surface area contributed by atoms with Crippen LogP contribution in [0.3, 0.4) is 0 Å². The zero-order chi connectivity index (χ0) is 21.8. The molecule has 0 radical (unpaired) electrons. The Morgan fingerprint density at radius 2 is 1.71 bits per heavy atom. The standard InChI is InChI=1S/C23H26N6O2/c1-16-8-9-24-20(14-16)27-21-15-22(26-17(2)25-21)28-10-12-29(13-11-28)23(30)18-4-6-19(31-3)7-5-18/h4-9,14-15H,10-13H2,1-3H3,(H,24,25,26,27). The predicted octanol–water partition coefficient (Wildman–Crippen LogP) is 3.20. The molecule has 0 aliphatic carbocycles. The van der Waals surface area contributed by atoms with E-state index in [1.807, 2.05) is 49.1 Å². The molecular weight excluding hydrogens is 392 g/mol. The average molecular weight is 419 g/mol. The number of rotatable bonds is 5. The molecule has 4 rings (SSSR count). The molecule has 1 fully saturated rings. The van der Waals surface area contributed by atoms with Gasteiger partial charge in [0.2, 0.25) is 0 Å². The lowest BCUT2D eigenvalue weighted by Crippen LogP contribution is -2.49. The average Bonchev–Trinajstić information content (AvgIpc) is 2.78. The Kier molecular flexibility index (Phi) is 5.97. The van der Waals surface area contributed by atoms with Gasteiger partial charge in [-0.3, -0.25) is 4.79 Å². The van der Waals surface area contributed by atoms with Crippen LogP contribution in [0.2, 0.25) is 0 Å². The first kappa shape index (κ1) is 20.6. The molecule has 0 atom stereocenters. The molecule has 1 aliphatic heterocycles. The van der Waals surface area contributed by atoms with Crippen molar-refractivity contribution in [2.24, 2.45) is 0 Å². The number of nitrogens with one attached hydrogen (secondary N) is 1. The Hall–Kier alpha value is -3.68. The minimum absolute atomic E-state index is 0.0362. The molecule has 8 heteroatoms. The summed E-state index contributed by atoms with van der Waals surface area (Å²) in [4.78, 5) is 30.3. The fraction of sp³-hybridized carbons (Fsp3) is 0.304. The molecule has 1 aliphatic rings. The van der Waals surface area contributed by atoms with Crippen molar-refractivity contribution in [2.75, 3.05) is 43.5 Å². The van der Waals surface area contributed by atoms with Gasteiger partial charge in [-0.05, 0) is 55.8 Å². The monoisotopic (exact) mass is 418 g/mol. The van der Waals surface area contributed by atoms with Gasteiger partial charge in [0, 0.05) is 44.0 Å². The van der Waals surface area contributed by atoms with Gasteiger partial charge in [0.15, 0.2) is 0 Å². The highest BCUT2D eigenvalue weighted by Crippen LogP contribution is 2.21. The van der Waals surface area contributed by atoms with Gasteiger partial charge >= 0.3 is 0 Å². The number of carbonyl (C=O) groups excluding carboxylic acids is 1. The van der Waals surface area contributed by atoms with Crippen molar-refractivity contribution in [3.8, 4) is 5.75 Å². The second-order valence-electron chi connectivity index (χ2n) is 7.51. The van der Waals surface area contributed by atoms with Crippen LogP contribution in [0.25, 0.3) is 0 Å².